The fourth-order valence-electron chi connectivity index (χ4n) is 1.73. The van der Waals surface area contributed by atoms with Crippen LogP contribution < -0.4 is 0 Å². The Kier molecular flexibility index (Phi) is 4.88. The van der Waals surface area contributed by atoms with E-state index in [2.05, 4.69) is 9.97 Å². The molecule has 0 saturated heterocycles. The summed E-state index contributed by atoms with van der Waals surface area (Å²) in [5, 5.41) is 0.487. The van der Waals surface area contributed by atoms with E-state index in [1.165, 1.54) is 6.33 Å². The van der Waals surface area contributed by atoms with Gasteiger partial charge < -0.3 is 0 Å². The predicted octanol–water partition coefficient (Wildman–Crippen LogP) is 3.53. The molecule has 1 aromatic carbocycles. The van der Waals surface area contributed by atoms with Gasteiger partial charge in [-0.25, -0.2) is 9.97 Å². The van der Waals surface area contributed by atoms with Gasteiger partial charge in [-0.1, -0.05) is 53.5 Å². The summed E-state index contributed by atoms with van der Waals surface area (Å²) in [6.07, 6.45) is 2.61. The SMILES string of the molecule is O=C(CCc1ccccc1)Cc1c(Cl)ncnc1Cl. The maximum atomic E-state index is 11.9. The van der Waals surface area contributed by atoms with E-state index in [0.717, 1.165) is 5.56 Å². The van der Waals surface area contributed by atoms with E-state index in [-0.39, 0.29) is 22.5 Å². The van der Waals surface area contributed by atoms with Crippen molar-refractivity contribution in [1.82, 2.24) is 9.97 Å². The second-order valence-electron chi connectivity index (χ2n) is 4.13. The molecular weight excluding hydrogens is 283 g/mol. The van der Waals surface area contributed by atoms with E-state index >= 15 is 0 Å². The van der Waals surface area contributed by atoms with Gasteiger partial charge in [0, 0.05) is 18.4 Å². The van der Waals surface area contributed by atoms with Crippen molar-refractivity contribution in [3.05, 3.63) is 58.1 Å². The van der Waals surface area contributed by atoms with Crippen LogP contribution in [0.15, 0.2) is 36.7 Å². The first-order chi connectivity index (χ1) is 9.16. The van der Waals surface area contributed by atoms with Gasteiger partial charge in [-0.3, -0.25) is 4.79 Å². The average Bonchev–Trinajstić information content (AvgIpc) is 2.42. The van der Waals surface area contributed by atoms with Crippen molar-refractivity contribution in [3.63, 3.8) is 0 Å². The van der Waals surface area contributed by atoms with Gasteiger partial charge in [0.25, 0.3) is 0 Å². The highest BCUT2D eigenvalue weighted by Crippen LogP contribution is 2.21. The van der Waals surface area contributed by atoms with Gasteiger partial charge in [0.15, 0.2) is 0 Å². The lowest BCUT2D eigenvalue weighted by molar-refractivity contribution is -0.118. The molecule has 0 N–H and O–H groups in total. The summed E-state index contributed by atoms with van der Waals surface area (Å²) in [4.78, 5) is 19.6. The van der Waals surface area contributed by atoms with Gasteiger partial charge in [-0.05, 0) is 12.0 Å². The first-order valence-corrected chi connectivity index (χ1v) is 6.63. The first-order valence-electron chi connectivity index (χ1n) is 5.87. The van der Waals surface area contributed by atoms with E-state index in [9.17, 15) is 4.79 Å². The number of nitrogens with zero attached hydrogens (tertiary/aromatic N) is 2. The predicted molar refractivity (Wildman–Crippen MR) is 75.5 cm³/mol. The van der Waals surface area contributed by atoms with Crippen LogP contribution in [0.25, 0.3) is 0 Å². The average molecular weight is 295 g/mol. The fraction of sp³-hybridized carbons (Fsp3) is 0.214. The lowest BCUT2D eigenvalue weighted by Crippen LogP contribution is -2.06. The minimum Gasteiger partial charge on any atom is -0.299 e. The molecule has 0 fully saturated rings. The van der Waals surface area contributed by atoms with E-state index in [0.29, 0.717) is 18.4 Å². The summed E-state index contributed by atoms with van der Waals surface area (Å²) in [7, 11) is 0. The molecule has 0 amide bonds. The van der Waals surface area contributed by atoms with Crippen molar-refractivity contribution >= 4 is 29.0 Å². The van der Waals surface area contributed by atoms with Gasteiger partial charge in [0.2, 0.25) is 0 Å². The van der Waals surface area contributed by atoms with Gasteiger partial charge in [-0.15, -0.1) is 0 Å². The number of hydrogen-bond donors (Lipinski definition) is 0. The summed E-state index contributed by atoms with van der Waals surface area (Å²) < 4.78 is 0. The number of Topliss-reactive ketones (excluding diaryl/α,β-unsaturated/α-hetero) is 1. The molecule has 98 valence electrons. The lowest BCUT2D eigenvalue weighted by Gasteiger charge is -2.04. The quantitative estimate of drug-likeness (QED) is 0.792. The van der Waals surface area contributed by atoms with Crippen molar-refractivity contribution in [2.75, 3.05) is 0 Å². The maximum Gasteiger partial charge on any atom is 0.137 e. The monoisotopic (exact) mass is 294 g/mol. The van der Waals surface area contributed by atoms with Crippen LogP contribution in [0, 0.1) is 0 Å². The number of carbonyl (C=O) groups is 1. The second-order valence-corrected chi connectivity index (χ2v) is 4.85. The molecule has 3 nitrogen and oxygen atoms in total. The summed E-state index contributed by atoms with van der Waals surface area (Å²) in [5.74, 6) is 0.0717. The smallest absolute Gasteiger partial charge is 0.137 e. The van der Waals surface area contributed by atoms with Crippen LogP contribution in [0.1, 0.15) is 17.5 Å². The van der Waals surface area contributed by atoms with E-state index in [4.69, 9.17) is 23.2 Å². The topological polar surface area (TPSA) is 42.9 Å². The molecule has 0 aliphatic heterocycles. The maximum absolute atomic E-state index is 11.9. The Hall–Kier alpha value is -1.45. The molecule has 19 heavy (non-hydrogen) atoms. The summed E-state index contributed by atoms with van der Waals surface area (Å²) in [6, 6.07) is 9.86. The molecule has 0 bridgehead atoms. The Morgan fingerprint density at radius 1 is 1.05 bits per heavy atom. The highest BCUT2D eigenvalue weighted by molar-refractivity contribution is 6.34. The van der Waals surface area contributed by atoms with E-state index in [1.54, 1.807) is 0 Å². The fourth-order valence-corrected chi connectivity index (χ4v) is 2.18. The zero-order valence-electron chi connectivity index (χ0n) is 10.1. The van der Waals surface area contributed by atoms with E-state index < -0.39 is 0 Å². The Morgan fingerprint density at radius 2 is 1.68 bits per heavy atom. The van der Waals surface area contributed by atoms with Crippen molar-refractivity contribution in [2.24, 2.45) is 0 Å². The Labute approximate surface area is 121 Å². The minimum absolute atomic E-state index is 0.0717. The standard InChI is InChI=1S/C14H12Cl2N2O/c15-13-12(14(16)18-9-17-13)8-11(19)7-6-10-4-2-1-3-5-10/h1-5,9H,6-8H2. The molecule has 1 aromatic heterocycles. The number of rotatable bonds is 5. The third-order valence-electron chi connectivity index (χ3n) is 2.75. The number of aromatic nitrogens is 2. The van der Waals surface area contributed by atoms with Crippen LogP contribution in [0.4, 0.5) is 0 Å². The highest BCUT2D eigenvalue weighted by atomic mass is 35.5. The first kappa shape index (κ1) is 14.0. The molecule has 0 atom stereocenters. The van der Waals surface area contributed by atoms with Crippen LogP contribution in [0.5, 0.6) is 0 Å². The Morgan fingerprint density at radius 3 is 2.32 bits per heavy atom. The number of hydrogen-bond acceptors (Lipinski definition) is 3. The molecule has 1 heterocycles. The molecule has 2 aromatic rings. The minimum atomic E-state index is 0.0717. The summed E-state index contributed by atoms with van der Waals surface area (Å²) in [5.41, 5.74) is 1.64. The number of carbonyl (C=O) groups excluding carboxylic acids is 1. The van der Waals surface area contributed by atoms with Gasteiger partial charge >= 0.3 is 0 Å². The molecule has 0 aliphatic rings. The summed E-state index contributed by atoms with van der Waals surface area (Å²) in [6.45, 7) is 0. The third kappa shape index (κ3) is 4.01. The Balaban J connectivity index is 1.95. The molecule has 0 radical (unpaired) electrons. The molecule has 0 spiro atoms. The zero-order valence-corrected chi connectivity index (χ0v) is 11.7. The lowest BCUT2D eigenvalue weighted by atomic mass is 10.0. The normalized spacial score (nSPS) is 10.4. The molecule has 2 rings (SSSR count). The van der Waals surface area contributed by atoms with Crippen molar-refractivity contribution in [3.8, 4) is 0 Å². The summed E-state index contributed by atoms with van der Waals surface area (Å²) >= 11 is 11.8. The molecular formula is C14H12Cl2N2O. The van der Waals surface area contributed by atoms with Crippen LogP contribution in [0.3, 0.4) is 0 Å². The second kappa shape index (κ2) is 6.64. The van der Waals surface area contributed by atoms with E-state index in [1.807, 2.05) is 30.3 Å². The zero-order chi connectivity index (χ0) is 13.7. The molecule has 0 saturated carbocycles. The highest BCUT2D eigenvalue weighted by Gasteiger charge is 2.12. The van der Waals surface area contributed by atoms with Gasteiger partial charge in [0.1, 0.15) is 22.4 Å². The largest absolute Gasteiger partial charge is 0.299 e. The van der Waals surface area contributed by atoms with Crippen LogP contribution in [0.2, 0.25) is 10.3 Å². The third-order valence-corrected chi connectivity index (χ3v) is 3.40. The van der Waals surface area contributed by atoms with Crippen molar-refractivity contribution in [2.45, 2.75) is 19.3 Å². The number of benzene rings is 1. The van der Waals surface area contributed by atoms with Crippen LogP contribution in [-0.4, -0.2) is 15.8 Å². The van der Waals surface area contributed by atoms with Crippen LogP contribution in [-0.2, 0) is 17.6 Å². The number of halogens is 2. The Bertz CT molecular complexity index is 553. The van der Waals surface area contributed by atoms with Gasteiger partial charge in [-0.2, -0.15) is 0 Å². The molecule has 0 unspecified atom stereocenters. The molecule has 5 heteroatoms. The van der Waals surface area contributed by atoms with Gasteiger partial charge in [0.05, 0.1) is 0 Å². The van der Waals surface area contributed by atoms with Crippen molar-refractivity contribution in [1.29, 1.82) is 0 Å². The van der Waals surface area contributed by atoms with Crippen molar-refractivity contribution < 1.29 is 4.79 Å². The van der Waals surface area contributed by atoms with Crippen LogP contribution >= 0.6 is 23.2 Å². The molecule has 0 aliphatic carbocycles. The number of aryl methyl sites for hydroxylation is 1. The number of ketones is 1.